The molecule has 2 aliphatic rings. The Balaban J connectivity index is 1.26. The fourth-order valence-electron chi connectivity index (χ4n) is 7.44. The lowest BCUT2D eigenvalue weighted by atomic mass is 9.77. The first-order valence-corrected chi connectivity index (χ1v) is 18.1. The Labute approximate surface area is 258 Å². The van der Waals surface area contributed by atoms with Gasteiger partial charge in [-0.15, -0.1) is 0 Å². The van der Waals surface area contributed by atoms with E-state index in [1.54, 1.807) is 22.3 Å². The van der Waals surface area contributed by atoms with Crippen molar-refractivity contribution < 1.29 is 0 Å². The molecule has 6 aromatic carbocycles. The van der Waals surface area contributed by atoms with Gasteiger partial charge in [-0.3, -0.25) is 0 Å². The highest BCUT2D eigenvalue weighted by Crippen LogP contribution is 2.53. The second-order valence-corrected chi connectivity index (χ2v) is 16.2. The van der Waals surface area contributed by atoms with Crippen LogP contribution >= 0.6 is 15.8 Å². The van der Waals surface area contributed by atoms with Crippen LogP contribution in [0.3, 0.4) is 0 Å². The largest absolute Gasteiger partial charge is 0.0622 e. The summed E-state index contributed by atoms with van der Waals surface area (Å²) in [5.41, 5.74) is 6.38. The van der Waals surface area contributed by atoms with E-state index in [0.29, 0.717) is 0 Å². The van der Waals surface area contributed by atoms with Gasteiger partial charge in [-0.1, -0.05) is 146 Å². The molecule has 2 aliphatic carbocycles. The molecular formula is C41H34P2. The van der Waals surface area contributed by atoms with E-state index in [-0.39, 0.29) is 5.41 Å². The Kier molecular flexibility index (Phi) is 7.07. The molecule has 0 atom stereocenters. The summed E-state index contributed by atoms with van der Waals surface area (Å²) in [6.45, 7) is 0. The summed E-state index contributed by atoms with van der Waals surface area (Å²) in [7, 11) is -1.25. The highest BCUT2D eigenvalue weighted by molar-refractivity contribution is 7.80. The van der Waals surface area contributed by atoms with Crippen molar-refractivity contribution in [1.29, 1.82) is 0 Å². The minimum absolute atomic E-state index is 0.111. The van der Waals surface area contributed by atoms with Gasteiger partial charge in [0.2, 0.25) is 0 Å². The molecule has 6 aromatic rings. The van der Waals surface area contributed by atoms with Crippen molar-refractivity contribution >= 4 is 47.7 Å². The van der Waals surface area contributed by atoms with Crippen LogP contribution in [0.25, 0.3) is 0 Å². The summed E-state index contributed by atoms with van der Waals surface area (Å²) < 4.78 is 0. The Morgan fingerprint density at radius 1 is 0.349 bits per heavy atom. The van der Waals surface area contributed by atoms with Crippen LogP contribution in [0.15, 0.2) is 158 Å². The predicted octanol–water partition coefficient (Wildman–Crippen LogP) is 7.38. The zero-order chi connectivity index (χ0) is 28.6. The van der Waals surface area contributed by atoms with Crippen LogP contribution in [0, 0.1) is 0 Å². The van der Waals surface area contributed by atoms with Crippen LogP contribution in [0.1, 0.15) is 35.1 Å². The highest BCUT2D eigenvalue weighted by Gasteiger charge is 2.45. The van der Waals surface area contributed by atoms with Crippen LogP contribution < -0.4 is 31.8 Å². The third-order valence-corrected chi connectivity index (χ3v) is 14.3. The molecule has 1 spiro atoms. The summed E-state index contributed by atoms with van der Waals surface area (Å²) in [6, 6.07) is 59.6. The van der Waals surface area contributed by atoms with Crippen molar-refractivity contribution in [2.24, 2.45) is 0 Å². The van der Waals surface area contributed by atoms with E-state index >= 15 is 0 Å². The molecule has 0 saturated heterocycles. The average Bonchev–Trinajstić information content (AvgIpc) is 3.64. The molecule has 43 heavy (non-hydrogen) atoms. The fourth-order valence-corrected chi connectivity index (χ4v) is 12.1. The molecule has 0 aliphatic heterocycles. The van der Waals surface area contributed by atoms with Crippen molar-refractivity contribution in [2.45, 2.75) is 31.1 Å². The van der Waals surface area contributed by atoms with Gasteiger partial charge < -0.3 is 0 Å². The van der Waals surface area contributed by atoms with Gasteiger partial charge in [0.15, 0.2) is 0 Å². The van der Waals surface area contributed by atoms with Crippen molar-refractivity contribution in [3.8, 4) is 0 Å². The molecule has 0 amide bonds. The van der Waals surface area contributed by atoms with E-state index in [2.05, 4.69) is 158 Å². The Bertz CT molecular complexity index is 1640. The Hall–Kier alpha value is -3.82. The number of rotatable bonds is 6. The molecule has 0 unspecified atom stereocenters. The second-order valence-electron chi connectivity index (χ2n) is 11.8. The quantitative estimate of drug-likeness (QED) is 0.178. The van der Waals surface area contributed by atoms with E-state index < -0.39 is 15.8 Å². The summed E-state index contributed by atoms with van der Waals surface area (Å²) in [4.78, 5) is 0. The van der Waals surface area contributed by atoms with Gasteiger partial charge in [0.25, 0.3) is 0 Å². The first kappa shape index (κ1) is 26.8. The van der Waals surface area contributed by atoms with Crippen molar-refractivity contribution in [1.82, 2.24) is 0 Å². The molecule has 0 fully saturated rings. The normalized spacial score (nSPS) is 14.7. The molecule has 0 radical (unpaired) electrons. The van der Waals surface area contributed by atoms with E-state index in [0.717, 1.165) is 0 Å². The highest BCUT2D eigenvalue weighted by atomic mass is 31.1. The number of benzene rings is 6. The summed E-state index contributed by atoms with van der Waals surface area (Å²) in [6.07, 6.45) is 4.76. The first-order chi connectivity index (χ1) is 21.3. The van der Waals surface area contributed by atoms with Crippen LogP contribution in [-0.2, 0) is 18.3 Å². The van der Waals surface area contributed by atoms with E-state index in [9.17, 15) is 0 Å². The van der Waals surface area contributed by atoms with Crippen LogP contribution in [0.2, 0.25) is 0 Å². The number of hydrogen-bond donors (Lipinski definition) is 0. The lowest BCUT2D eigenvalue weighted by Crippen LogP contribution is -2.27. The summed E-state index contributed by atoms with van der Waals surface area (Å²) in [5, 5.41) is 8.60. The zero-order valence-corrected chi connectivity index (χ0v) is 26.0. The van der Waals surface area contributed by atoms with Crippen molar-refractivity contribution in [2.75, 3.05) is 0 Å². The van der Waals surface area contributed by atoms with Crippen molar-refractivity contribution in [3.05, 3.63) is 180 Å². The van der Waals surface area contributed by atoms with Gasteiger partial charge in [-0.25, -0.2) is 0 Å². The molecular weight excluding hydrogens is 554 g/mol. The smallest absolute Gasteiger partial charge is 0.0215 e. The molecule has 0 heterocycles. The maximum atomic E-state index is 2.62. The van der Waals surface area contributed by atoms with Gasteiger partial charge in [0.05, 0.1) is 0 Å². The Morgan fingerprint density at radius 2 is 0.674 bits per heavy atom. The van der Waals surface area contributed by atoms with Crippen LogP contribution in [0.4, 0.5) is 0 Å². The SMILES string of the molecule is c1ccc(P(c2ccccc2)c2ccc3c(c2)C2(CC3)CCc3ccc(P(c4ccccc4)c4ccccc4)cc32)cc1. The van der Waals surface area contributed by atoms with Crippen LogP contribution in [0.5, 0.6) is 0 Å². The summed E-state index contributed by atoms with van der Waals surface area (Å²) in [5.74, 6) is 0. The van der Waals surface area contributed by atoms with Crippen molar-refractivity contribution in [3.63, 3.8) is 0 Å². The second kappa shape index (κ2) is 11.4. The lowest BCUT2D eigenvalue weighted by Gasteiger charge is -2.29. The molecule has 0 bridgehead atoms. The van der Waals surface area contributed by atoms with Gasteiger partial charge in [0.1, 0.15) is 0 Å². The number of fused-ring (bicyclic) bond motifs is 4. The molecule has 8 rings (SSSR count). The maximum absolute atomic E-state index is 2.62. The molecule has 0 N–H and O–H groups in total. The monoisotopic (exact) mass is 588 g/mol. The number of hydrogen-bond acceptors (Lipinski definition) is 0. The van der Waals surface area contributed by atoms with Crippen LogP contribution in [-0.4, -0.2) is 0 Å². The predicted molar refractivity (Wildman–Crippen MR) is 188 cm³/mol. The van der Waals surface area contributed by atoms with Gasteiger partial charge in [0, 0.05) is 5.41 Å². The third-order valence-electron chi connectivity index (χ3n) is 9.43. The minimum Gasteiger partial charge on any atom is -0.0622 e. The topological polar surface area (TPSA) is 0 Å². The van der Waals surface area contributed by atoms with Gasteiger partial charge >= 0.3 is 0 Å². The molecule has 2 heteroatoms. The molecule has 0 nitrogen and oxygen atoms in total. The maximum Gasteiger partial charge on any atom is 0.0215 e. The first-order valence-electron chi connectivity index (χ1n) is 15.4. The Morgan fingerprint density at radius 3 is 1.00 bits per heavy atom. The molecule has 0 aromatic heterocycles. The van der Waals surface area contributed by atoms with E-state index in [1.807, 2.05) is 0 Å². The summed E-state index contributed by atoms with van der Waals surface area (Å²) >= 11 is 0. The lowest BCUT2D eigenvalue weighted by molar-refractivity contribution is 0.508. The van der Waals surface area contributed by atoms with E-state index in [1.165, 1.54) is 57.5 Å². The molecule has 208 valence electrons. The standard InChI is InChI=1S/C41H34P2/c1-5-13-33(14-6-1)42(34-15-7-2-8-16-34)37-23-21-31-25-27-41(39(31)29-37)28-26-32-22-24-38(30-40(32)41)43(35-17-9-3-10-18-35)36-19-11-4-12-20-36/h1-24,29-30H,25-28H2. The van der Waals surface area contributed by atoms with Gasteiger partial charge in [-0.2, -0.15) is 0 Å². The minimum atomic E-state index is -0.625. The molecule has 0 saturated carbocycles. The third kappa shape index (κ3) is 4.79. The van der Waals surface area contributed by atoms with E-state index in [4.69, 9.17) is 0 Å². The fraction of sp³-hybridized carbons (Fsp3) is 0.122. The average molecular weight is 589 g/mol. The van der Waals surface area contributed by atoms with Gasteiger partial charge in [-0.05, 0) is 108 Å². The zero-order valence-electron chi connectivity index (χ0n) is 24.2. The number of aryl methyl sites for hydroxylation is 2.